The Hall–Kier alpha value is -3.30. The van der Waals surface area contributed by atoms with Crippen molar-refractivity contribution in [1.29, 1.82) is 0 Å². The maximum Gasteiger partial charge on any atom is 0.255 e. The number of fused-ring (bicyclic) bond motifs is 1. The van der Waals surface area contributed by atoms with Crippen LogP contribution in [0.2, 0.25) is 0 Å². The molecule has 1 fully saturated rings. The van der Waals surface area contributed by atoms with E-state index in [0.717, 1.165) is 67.5 Å². The number of aromatic nitrogens is 2. The molecule has 0 radical (unpaired) electrons. The number of piperidine rings is 1. The summed E-state index contributed by atoms with van der Waals surface area (Å²) >= 11 is 0. The smallest absolute Gasteiger partial charge is 0.255 e. The van der Waals surface area contributed by atoms with Gasteiger partial charge >= 0.3 is 0 Å². The fourth-order valence-corrected chi connectivity index (χ4v) is 4.56. The summed E-state index contributed by atoms with van der Waals surface area (Å²) in [6.07, 6.45) is 3.39. The lowest BCUT2D eigenvalue weighted by molar-refractivity contribution is 0.232. The average molecular weight is 399 g/mol. The van der Waals surface area contributed by atoms with E-state index < -0.39 is 0 Å². The van der Waals surface area contributed by atoms with E-state index >= 15 is 0 Å². The molecule has 3 heterocycles. The first kappa shape index (κ1) is 18.7. The molecule has 1 saturated heterocycles. The summed E-state index contributed by atoms with van der Waals surface area (Å²) in [5, 5.41) is 11.8. The van der Waals surface area contributed by atoms with Crippen molar-refractivity contribution in [1.82, 2.24) is 15.1 Å². The van der Waals surface area contributed by atoms with Crippen LogP contribution in [0.1, 0.15) is 25.3 Å². The van der Waals surface area contributed by atoms with Crippen LogP contribution < -0.4 is 15.4 Å². The minimum atomic E-state index is 0.360. The predicted molar refractivity (Wildman–Crippen MR) is 118 cm³/mol. The van der Waals surface area contributed by atoms with Crippen LogP contribution in [0.5, 0.6) is 11.5 Å². The molecule has 1 aromatic heterocycles. The number of para-hydroxylation sites is 1. The van der Waals surface area contributed by atoms with Crippen molar-refractivity contribution < 1.29 is 4.74 Å². The number of hydrogen-bond donors (Lipinski definition) is 2. The molecular formula is C24H25N5O. The van der Waals surface area contributed by atoms with E-state index in [2.05, 4.69) is 20.2 Å². The third kappa shape index (κ3) is 3.53. The molecule has 2 aliphatic heterocycles. The van der Waals surface area contributed by atoms with Gasteiger partial charge in [-0.05, 0) is 68.1 Å². The standard InChI is InChI=1S/C24H25N5O/c1-25-23-22(18-7-9-20(10-8-18)30-19-5-3-2-4-6-19)28-29-21(13-16-27-24(23)29)17-11-14-26-15-12-17/h2-10,17,21,26-27H,11-16H2. The van der Waals surface area contributed by atoms with Crippen LogP contribution in [0.15, 0.2) is 54.6 Å². The maximum absolute atomic E-state index is 7.79. The van der Waals surface area contributed by atoms with Crippen molar-refractivity contribution in [2.24, 2.45) is 5.92 Å². The van der Waals surface area contributed by atoms with Gasteiger partial charge in [0.1, 0.15) is 23.0 Å². The van der Waals surface area contributed by atoms with Crippen LogP contribution >= 0.6 is 0 Å². The second-order valence-corrected chi connectivity index (χ2v) is 7.91. The summed E-state index contributed by atoms with van der Waals surface area (Å²) in [4.78, 5) is 3.85. The number of ether oxygens (including phenoxy) is 1. The monoisotopic (exact) mass is 399 g/mol. The highest BCUT2D eigenvalue weighted by Crippen LogP contribution is 2.43. The molecule has 152 valence electrons. The van der Waals surface area contributed by atoms with Crippen molar-refractivity contribution in [2.75, 3.05) is 25.0 Å². The highest BCUT2D eigenvalue weighted by Gasteiger charge is 2.32. The van der Waals surface area contributed by atoms with Gasteiger partial charge in [-0.15, -0.1) is 0 Å². The lowest BCUT2D eigenvalue weighted by Crippen LogP contribution is -2.36. The average Bonchev–Trinajstić information content (AvgIpc) is 3.19. The van der Waals surface area contributed by atoms with Crippen molar-refractivity contribution in [3.63, 3.8) is 0 Å². The Labute approximate surface area is 176 Å². The molecular weight excluding hydrogens is 374 g/mol. The topological polar surface area (TPSA) is 55.5 Å². The fraction of sp³-hybridized carbons (Fsp3) is 0.333. The summed E-state index contributed by atoms with van der Waals surface area (Å²) in [6.45, 7) is 10.8. The van der Waals surface area contributed by atoms with E-state index in [9.17, 15) is 0 Å². The molecule has 30 heavy (non-hydrogen) atoms. The third-order valence-corrected chi connectivity index (χ3v) is 6.08. The quantitative estimate of drug-likeness (QED) is 0.589. The molecule has 6 nitrogen and oxygen atoms in total. The Morgan fingerprint density at radius 2 is 1.67 bits per heavy atom. The first-order chi connectivity index (χ1) is 14.8. The van der Waals surface area contributed by atoms with Crippen molar-refractivity contribution in [3.8, 4) is 22.8 Å². The van der Waals surface area contributed by atoms with Crippen molar-refractivity contribution >= 4 is 11.5 Å². The van der Waals surface area contributed by atoms with Gasteiger partial charge in [-0.3, -0.25) is 4.68 Å². The number of nitrogens with zero attached hydrogens (tertiary/aromatic N) is 3. The molecule has 1 atom stereocenters. The summed E-state index contributed by atoms with van der Waals surface area (Å²) < 4.78 is 7.99. The molecule has 2 N–H and O–H groups in total. The van der Waals surface area contributed by atoms with Crippen LogP contribution in [0.3, 0.4) is 0 Å². The summed E-state index contributed by atoms with van der Waals surface area (Å²) in [6, 6.07) is 17.9. The van der Waals surface area contributed by atoms with Crippen LogP contribution in [0.4, 0.5) is 11.5 Å². The van der Waals surface area contributed by atoms with Gasteiger partial charge in [-0.1, -0.05) is 30.3 Å². The van der Waals surface area contributed by atoms with Crippen LogP contribution in [-0.2, 0) is 0 Å². The van der Waals surface area contributed by atoms with Gasteiger partial charge in [0.25, 0.3) is 5.69 Å². The Morgan fingerprint density at radius 3 is 2.40 bits per heavy atom. The van der Waals surface area contributed by atoms with Gasteiger partial charge in [0.05, 0.1) is 12.6 Å². The highest BCUT2D eigenvalue weighted by atomic mass is 16.5. The molecule has 6 heteroatoms. The number of nitrogens with one attached hydrogen (secondary N) is 2. The minimum Gasteiger partial charge on any atom is -0.457 e. The number of hydrogen-bond acceptors (Lipinski definition) is 4. The van der Waals surface area contributed by atoms with E-state index in [-0.39, 0.29) is 0 Å². The number of rotatable bonds is 4. The van der Waals surface area contributed by atoms with Crippen molar-refractivity contribution in [2.45, 2.75) is 25.3 Å². The van der Waals surface area contributed by atoms with Crippen molar-refractivity contribution in [3.05, 3.63) is 66.0 Å². The zero-order valence-corrected chi connectivity index (χ0v) is 16.8. The van der Waals surface area contributed by atoms with Gasteiger partial charge in [-0.2, -0.15) is 5.10 Å². The Balaban J connectivity index is 1.45. The minimum absolute atomic E-state index is 0.360. The first-order valence-corrected chi connectivity index (χ1v) is 10.6. The molecule has 3 aromatic rings. The highest BCUT2D eigenvalue weighted by molar-refractivity contribution is 5.84. The molecule has 0 saturated carbocycles. The van der Waals surface area contributed by atoms with Gasteiger partial charge in [-0.25, -0.2) is 4.85 Å². The van der Waals surface area contributed by atoms with E-state index in [1.165, 1.54) is 0 Å². The second kappa shape index (κ2) is 8.21. The lowest BCUT2D eigenvalue weighted by Gasteiger charge is -2.35. The van der Waals surface area contributed by atoms with E-state index in [1.807, 2.05) is 54.6 Å². The molecule has 0 aliphatic carbocycles. The first-order valence-electron chi connectivity index (χ1n) is 10.6. The molecule has 1 unspecified atom stereocenters. The normalized spacial score (nSPS) is 18.8. The van der Waals surface area contributed by atoms with Gasteiger partial charge in [0.15, 0.2) is 0 Å². The molecule has 0 bridgehead atoms. The van der Waals surface area contributed by atoms with Crippen LogP contribution in [0, 0.1) is 12.5 Å². The summed E-state index contributed by atoms with van der Waals surface area (Å²) in [7, 11) is 0. The van der Waals surface area contributed by atoms with Gasteiger partial charge < -0.3 is 15.4 Å². The predicted octanol–water partition coefficient (Wildman–Crippen LogP) is 5.25. The lowest BCUT2D eigenvalue weighted by atomic mass is 9.88. The summed E-state index contributed by atoms with van der Waals surface area (Å²) in [5.74, 6) is 3.06. The fourth-order valence-electron chi connectivity index (χ4n) is 4.56. The van der Waals surface area contributed by atoms with E-state index in [0.29, 0.717) is 17.6 Å². The van der Waals surface area contributed by atoms with E-state index in [4.69, 9.17) is 16.4 Å². The number of benzene rings is 2. The van der Waals surface area contributed by atoms with Crippen LogP contribution in [-0.4, -0.2) is 29.4 Å². The van der Waals surface area contributed by atoms with Gasteiger partial charge in [0, 0.05) is 6.54 Å². The Kier molecular flexibility index (Phi) is 5.12. The summed E-state index contributed by atoms with van der Waals surface area (Å²) in [5.41, 5.74) is 2.30. The van der Waals surface area contributed by atoms with Crippen LogP contribution in [0.25, 0.3) is 16.1 Å². The number of anilines is 1. The van der Waals surface area contributed by atoms with Gasteiger partial charge in [0.2, 0.25) is 0 Å². The van der Waals surface area contributed by atoms with E-state index in [1.54, 1.807) is 0 Å². The Bertz CT molecular complexity index is 1050. The molecule has 0 spiro atoms. The zero-order valence-electron chi connectivity index (χ0n) is 16.8. The molecule has 5 rings (SSSR count). The molecule has 2 aromatic carbocycles. The second-order valence-electron chi connectivity index (χ2n) is 7.91. The Morgan fingerprint density at radius 1 is 0.933 bits per heavy atom. The largest absolute Gasteiger partial charge is 0.457 e. The molecule has 2 aliphatic rings. The zero-order chi connectivity index (χ0) is 20.3. The molecule has 0 amide bonds. The maximum atomic E-state index is 7.79. The third-order valence-electron chi connectivity index (χ3n) is 6.08. The SMILES string of the molecule is [C-]#[N+]c1c(-c2ccc(Oc3ccccc3)cc2)nn2c1NCCC2C1CCNCC1.